The third-order valence-corrected chi connectivity index (χ3v) is 5.68. The van der Waals surface area contributed by atoms with Crippen LogP contribution in [0, 0.1) is 11.8 Å². The first kappa shape index (κ1) is 16.8. The van der Waals surface area contributed by atoms with E-state index in [4.69, 9.17) is 0 Å². The summed E-state index contributed by atoms with van der Waals surface area (Å²) in [4.78, 5) is 15.3. The summed E-state index contributed by atoms with van der Waals surface area (Å²) in [6.45, 7) is 8.96. The third kappa shape index (κ3) is 3.61. The molecule has 5 unspecified atom stereocenters. The van der Waals surface area contributed by atoms with Crippen LogP contribution in [0.3, 0.4) is 0 Å². The van der Waals surface area contributed by atoms with Gasteiger partial charge in [-0.3, -0.25) is 10.1 Å². The van der Waals surface area contributed by atoms with Crippen molar-refractivity contribution in [1.29, 1.82) is 0 Å². The molecule has 1 saturated carbocycles. The Morgan fingerprint density at radius 3 is 2.62 bits per heavy atom. The number of nitrogens with zero attached hydrogens (tertiary/aromatic N) is 1. The minimum absolute atomic E-state index is 0.0435. The first-order valence-electron chi connectivity index (χ1n) is 9.18. The first-order chi connectivity index (χ1) is 10.1. The molecule has 3 heteroatoms. The fraction of sp³-hybridized carbons (Fsp3) is 0.944. The summed E-state index contributed by atoms with van der Waals surface area (Å²) in [6, 6.07) is 0.500. The highest BCUT2D eigenvalue weighted by Gasteiger charge is 2.44. The number of carbonyl (C=O) groups excluding carboxylic acids is 1. The van der Waals surface area contributed by atoms with Crippen molar-refractivity contribution >= 4 is 5.91 Å². The minimum atomic E-state index is 0.0435. The molecule has 5 atom stereocenters. The number of hydrogen-bond acceptors (Lipinski definition) is 2. The zero-order valence-electron chi connectivity index (χ0n) is 14.4. The van der Waals surface area contributed by atoms with Crippen molar-refractivity contribution in [2.75, 3.05) is 0 Å². The number of amides is 1. The Balaban J connectivity index is 2.18. The first-order valence-corrected chi connectivity index (χ1v) is 9.18. The van der Waals surface area contributed by atoms with Crippen molar-refractivity contribution in [3.8, 4) is 0 Å². The van der Waals surface area contributed by atoms with Gasteiger partial charge in [0, 0.05) is 6.04 Å². The second-order valence-electron chi connectivity index (χ2n) is 7.26. The molecule has 1 heterocycles. The molecule has 1 amide bonds. The fourth-order valence-electron chi connectivity index (χ4n) is 4.09. The summed E-state index contributed by atoms with van der Waals surface area (Å²) < 4.78 is 0. The maximum atomic E-state index is 13.0. The quantitative estimate of drug-likeness (QED) is 0.779. The number of nitrogens with one attached hydrogen (secondary N) is 1. The Kier molecular flexibility index (Phi) is 6.09. The summed E-state index contributed by atoms with van der Waals surface area (Å²) in [5, 5.41) is 3.66. The largest absolute Gasteiger partial charge is 0.323 e. The standard InChI is InChI=1S/C18H34N2O/c1-5-10-16-19-17(13(3)6-2)18(21)20(16)15-12-9-7-8-11-14(15)4/h13-17,19H,5-12H2,1-4H3. The Hall–Kier alpha value is -0.570. The average Bonchev–Trinajstić information content (AvgIpc) is 2.65. The lowest BCUT2D eigenvalue weighted by atomic mass is 9.93. The molecule has 0 aromatic rings. The van der Waals surface area contributed by atoms with Gasteiger partial charge in [-0.05, 0) is 31.1 Å². The Morgan fingerprint density at radius 1 is 1.24 bits per heavy atom. The minimum Gasteiger partial charge on any atom is -0.323 e. The van der Waals surface area contributed by atoms with E-state index in [1.165, 1.54) is 32.1 Å². The van der Waals surface area contributed by atoms with E-state index >= 15 is 0 Å². The average molecular weight is 294 g/mol. The molecule has 0 aromatic heterocycles. The van der Waals surface area contributed by atoms with Crippen LogP contribution in [0.4, 0.5) is 0 Å². The van der Waals surface area contributed by atoms with Gasteiger partial charge < -0.3 is 4.90 Å². The van der Waals surface area contributed by atoms with Crippen LogP contribution in [0.1, 0.15) is 79.1 Å². The molecule has 3 nitrogen and oxygen atoms in total. The molecule has 0 bridgehead atoms. The molecular formula is C18H34N2O. The number of hydrogen-bond donors (Lipinski definition) is 1. The monoisotopic (exact) mass is 294 g/mol. The maximum Gasteiger partial charge on any atom is 0.241 e. The van der Waals surface area contributed by atoms with E-state index in [0.29, 0.717) is 23.8 Å². The lowest BCUT2D eigenvalue weighted by Crippen LogP contribution is -2.47. The van der Waals surface area contributed by atoms with Crippen LogP contribution in [0.2, 0.25) is 0 Å². The van der Waals surface area contributed by atoms with Crippen LogP contribution in [0.15, 0.2) is 0 Å². The molecule has 1 saturated heterocycles. The number of rotatable bonds is 5. The van der Waals surface area contributed by atoms with Crippen LogP contribution in [0.5, 0.6) is 0 Å². The van der Waals surface area contributed by atoms with Crippen molar-refractivity contribution in [3.05, 3.63) is 0 Å². The fourth-order valence-corrected chi connectivity index (χ4v) is 4.09. The van der Waals surface area contributed by atoms with E-state index < -0.39 is 0 Å². The van der Waals surface area contributed by atoms with Crippen molar-refractivity contribution < 1.29 is 4.79 Å². The highest BCUT2D eigenvalue weighted by Crippen LogP contribution is 2.33. The summed E-state index contributed by atoms with van der Waals surface area (Å²) in [7, 11) is 0. The topological polar surface area (TPSA) is 32.3 Å². The van der Waals surface area contributed by atoms with Gasteiger partial charge in [0.25, 0.3) is 0 Å². The van der Waals surface area contributed by atoms with Gasteiger partial charge in [-0.25, -0.2) is 0 Å². The van der Waals surface area contributed by atoms with E-state index in [1.807, 2.05) is 0 Å². The molecule has 2 fully saturated rings. The van der Waals surface area contributed by atoms with Crippen molar-refractivity contribution in [3.63, 3.8) is 0 Å². The van der Waals surface area contributed by atoms with E-state index in [2.05, 4.69) is 37.9 Å². The van der Waals surface area contributed by atoms with Crippen LogP contribution >= 0.6 is 0 Å². The van der Waals surface area contributed by atoms with Gasteiger partial charge in [-0.15, -0.1) is 0 Å². The van der Waals surface area contributed by atoms with Gasteiger partial charge in [0.2, 0.25) is 5.91 Å². The van der Waals surface area contributed by atoms with Crippen molar-refractivity contribution in [2.45, 2.75) is 97.3 Å². The smallest absolute Gasteiger partial charge is 0.241 e. The maximum absolute atomic E-state index is 13.0. The Labute approximate surface area is 130 Å². The summed E-state index contributed by atoms with van der Waals surface area (Å²) in [5.41, 5.74) is 0. The van der Waals surface area contributed by atoms with Gasteiger partial charge in [-0.1, -0.05) is 59.8 Å². The van der Waals surface area contributed by atoms with Crippen LogP contribution in [-0.2, 0) is 4.79 Å². The van der Waals surface area contributed by atoms with Gasteiger partial charge in [0.15, 0.2) is 0 Å². The summed E-state index contributed by atoms with van der Waals surface area (Å²) >= 11 is 0. The van der Waals surface area contributed by atoms with E-state index in [1.54, 1.807) is 0 Å². The van der Waals surface area contributed by atoms with Crippen molar-refractivity contribution in [2.24, 2.45) is 11.8 Å². The van der Waals surface area contributed by atoms with Crippen LogP contribution < -0.4 is 5.32 Å². The van der Waals surface area contributed by atoms with Crippen LogP contribution in [-0.4, -0.2) is 29.1 Å². The molecule has 2 rings (SSSR count). The normalized spacial score (nSPS) is 35.8. The molecule has 2 aliphatic rings. The predicted molar refractivity (Wildman–Crippen MR) is 88.0 cm³/mol. The molecule has 21 heavy (non-hydrogen) atoms. The van der Waals surface area contributed by atoms with Gasteiger partial charge in [0.05, 0.1) is 12.2 Å². The predicted octanol–water partition coefficient (Wildman–Crippen LogP) is 3.93. The number of carbonyl (C=O) groups is 1. The third-order valence-electron chi connectivity index (χ3n) is 5.68. The highest BCUT2D eigenvalue weighted by molar-refractivity contribution is 5.85. The molecule has 122 valence electrons. The molecular weight excluding hydrogens is 260 g/mol. The zero-order valence-corrected chi connectivity index (χ0v) is 14.4. The van der Waals surface area contributed by atoms with Gasteiger partial charge in [0.1, 0.15) is 0 Å². The molecule has 1 N–H and O–H groups in total. The summed E-state index contributed by atoms with van der Waals surface area (Å²) in [6.07, 6.45) is 9.99. The molecule has 1 aliphatic heterocycles. The highest BCUT2D eigenvalue weighted by atomic mass is 16.2. The SMILES string of the molecule is CCCC1NC(C(C)CC)C(=O)N1C1CCCCCC1C. The van der Waals surface area contributed by atoms with Gasteiger partial charge in [-0.2, -0.15) is 0 Å². The van der Waals surface area contributed by atoms with E-state index in [0.717, 1.165) is 19.3 Å². The second-order valence-corrected chi connectivity index (χ2v) is 7.26. The molecule has 0 spiro atoms. The molecule has 1 aliphatic carbocycles. The van der Waals surface area contributed by atoms with Crippen LogP contribution in [0.25, 0.3) is 0 Å². The summed E-state index contributed by atoms with van der Waals surface area (Å²) in [5.74, 6) is 1.46. The lowest BCUT2D eigenvalue weighted by Gasteiger charge is -2.36. The Morgan fingerprint density at radius 2 is 1.95 bits per heavy atom. The lowest BCUT2D eigenvalue weighted by molar-refractivity contribution is -0.134. The van der Waals surface area contributed by atoms with Crippen molar-refractivity contribution in [1.82, 2.24) is 10.2 Å². The molecule has 0 aromatic carbocycles. The van der Waals surface area contributed by atoms with E-state index in [-0.39, 0.29) is 12.2 Å². The van der Waals surface area contributed by atoms with E-state index in [9.17, 15) is 4.79 Å². The van der Waals surface area contributed by atoms with Gasteiger partial charge >= 0.3 is 0 Å². The Bertz CT molecular complexity index is 344. The second kappa shape index (κ2) is 7.62. The molecule has 0 radical (unpaired) electrons. The zero-order chi connectivity index (χ0) is 15.4.